The van der Waals surface area contributed by atoms with E-state index in [4.69, 9.17) is 27.9 Å². The van der Waals surface area contributed by atoms with Gasteiger partial charge in [-0.25, -0.2) is 0 Å². The zero-order chi connectivity index (χ0) is 22.1. The fraction of sp³-hybridized carbons (Fsp3) is 0.391. The number of methoxy groups -OCH3 is 1. The van der Waals surface area contributed by atoms with Gasteiger partial charge in [0.2, 0.25) is 11.8 Å². The molecule has 2 aromatic rings. The van der Waals surface area contributed by atoms with E-state index in [2.05, 4.69) is 5.32 Å². The molecule has 5 nitrogen and oxygen atoms in total. The van der Waals surface area contributed by atoms with E-state index in [-0.39, 0.29) is 18.2 Å². The second-order valence-corrected chi connectivity index (χ2v) is 7.83. The van der Waals surface area contributed by atoms with Crippen molar-refractivity contribution in [2.45, 2.75) is 45.7 Å². The van der Waals surface area contributed by atoms with E-state index in [9.17, 15) is 9.59 Å². The number of carbonyl (C=O) groups excluding carboxylic acids is 2. The lowest BCUT2D eigenvalue weighted by Gasteiger charge is -2.31. The minimum atomic E-state index is -0.571. The molecule has 0 spiro atoms. The first kappa shape index (κ1) is 24.0. The topological polar surface area (TPSA) is 58.6 Å². The largest absolute Gasteiger partial charge is 0.497 e. The van der Waals surface area contributed by atoms with E-state index in [0.717, 1.165) is 17.5 Å². The van der Waals surface area contributed by atoms with Crippen molar-refractivity contribution in [2.24, 2.45) is 0 Å². The fourth-order valence-electron chi connectivity index (χ4n) is 3.18. The maximum atomic E-state index is 13.3. The summed E-state index contributed by atoms with van der Waals surface area (Å²) in [6.07, 6.45) is 1.46. The normalized spacial score (nSPS) is 11.6. The van der Waals surface area contributed by atoms with Crippen molar-refractivity contribution < 1.29 is 14.3 Å². The number of ether oxygens (including phenoxy) is 1. The van der Waals surface area contributed by atoms with Gasteiger partial charge in [0.15, 0.2) is 0 Å². The Hall–Kier alpha value is -2.24. The van der Waals surface area contributed by atoms with E-state index >= 15 is 0 Å². The predicted molar refractivity (Wildman–Crippen MR) is 121 cm³/mol. The smallest absolute Gasteiger partial charge is 0.242 e. The van der Waals surface area contributed by atoms with Gasteiger partial charge in [0, 0.05) is 13.1 Å². The van der Waals surface area contributed by atoms with E-state index in [1.54, 1.807) is 30.2 Å². The standard InChI is InChI=1S/C23H28Cl2N2O3/c1-4-11-26-23(29)21(5-2)27(15-17-7-6-8-18(12-17)30-3)22(28)14-16-9-10-19(24)20(25)13-16/h6-10,12-13,21H,4-5,11,14-15H2,1-3H3,(H,26,29)/t21-/m1/s1. The number of hydrogen-bond acceptors (Lipinski definition) is 3. The van der Waals surface area contributed by atoms with Crippen LogP contribution < -0.4 is 10.1 Å². The molecule has 0 unspecified atom stereocenters. The molecule has 0 heterocycles. The third-order valence-corrected chi connectivity index (χ3v) is 5.50. The summed E-state index contributed by atoms with van der Waals surface area (Å²) in [5, 5.41) is 3.75. The van der Waals surface area contributed by atoms with Crippen LogP contribution in [0.25, 0.3) is 0 Å². The molecule has 0 aliphatic heterocycles. The van der Waals surface area contributed by atoms with Crippen LogP contribution in [0.4, 0.5) is 0 Å². The molecule has 7 heteroatoms. The van der Waals surface area contributed by atoms with E-state index in [0.29, 0.717) is 35.3 Å². The van der Waals surface area contributed by atoms with Gasteiger partial charge in [-0.1, -0.05) is 55.2 Å². The summed E-state index contributed by atoms with van der Waals surface area (Å²) >= 11 is 12.1. The molecular weight excluding hydrogens is 423 g/mol. The number of hydrogen-bond donors (Lipinski definition) is 1. The molecule has 0 bridgehead atoms. The molecule has 30 heavy (non-hydrogen) atoms. The number of nitrogens with one attached hydrogen (secondary N) is 1. The number of carbonyl (C=O) groups is 2. The maximum absolute atomic E-state index is 13.3. The lowest BCUT2D eigenvalue weighted by Crippen LogP contribution is -2.49. The highest BCUT2D eigenvalue weighted by Gasteiger charge is 2.28. The Morgan fingerprint density at radius 2 is 1.83 bits per heavy atom. The molecule has 162 valence electrons. The Balaban J connectivity index is 2.30. The average molecular weight is 451 g/mol. The Bertz CT molecular complexity index is 873. The quantitative estimate of drug-likeness (QED) is 0.560. The van der Waals surface area contributed by atoms with E-state index in [1.165, 1.54) is 0 Å². The van der Waals surface area contributed by atoms with Crippen LogP contribution in [0.5, 0.6) is 5.75 Å². The van der Waals surface area contributed by atoms with Crippen molar-refractivity contribution in [1.82, 2.24) is 10.2 Å². The number of amides is 2. The fourth-order valence-corrected chi connectivity index (χ4v) is 3.50. The summed E-state index contributed by atoms with van der Waals surface area (Å²) < 4.78 is 5.29. The van der Waals surface area contributed by atoms with Crippen molar-refractivity contribution >= 4 is 35.0 Å². The van der Waals surface area contributed by atoms with Crippen molar-refractivity contribution in [3.63, 3.8) is 0 Å². The lowest BCUT2D eigenvalue weighted by molar-refractivity contribution is -0.140. The zero-order valence-corrected chi connectivity index (χ0v) is 19.1. The van der Waals surface area contributed by atoms with Gasteiger partial charge in [-0.2, -0.15) is 0 Å². The van der Waals surface area contributed by atoms with Crippen LogP contribution in [0, 0.1) is 0 Å². The summed E-state index contributed by atoms with van der Waals surface area (Å²) in [5.74, 6) is 0.396. The lowest BCUT2D eigenvalue weighted by atomic mass is 10.1. The molecule has 0 saturated heterocycles. The summed E-state index contributed by atoms with van der Waals surface area (Å²) in [7, 11) is 1.60. The van der Waals surface area contributed by atoms with Crippen LogP contribution in [0.2, 0.25) is 10.0 Å². The van der Waals surface area contributed by atoms with Gasteiger partial charge in [-0.15, -0.1) is 0 Å². The van der Waals surface area contributed by atoms with Gasteiger partial charge < -0.3 is 15.0 Å². The highest BCUT2D eigenvalue weighted by atomic mass is 35.5. The maximum Gasteiger partial charge on any atom is 0.242 e. The SMILES string of the molecule is CCCNC(=O)[C@@H](CC)N(Cc1cccc(OC)c1)C(=O)Cc1ccc(Cl)c(Cl)c1. The molecule has 0 aliphatic carbocycles. The molecule has 2 rings (SSSR count). The van der Waals surface area contributed by atoms with E-state index in [1.807, 2.05) is 38.1 Å². The van der Waals surface area contributed by atoms with Crippen LogP contribution in [0.1, 0.15) is 37.8 Å². The Morgan fingerprint density at radius 1 is 1.07 bits per heavy atom. The molecule has 0 fully saturated rings. The van der Waals surface area contributed by atoms with Crippen LogP contribution in [-0.2, 0) is 22.6 Å². The first-order valence-electron chi connectivity index (χ1n) is 10.0. The van der Waals surface area contributed by atoms with Crippen LogP contribution in [0.3, 0.4) is 0 Å². The highest BCUT2D eigenvalue weighted by molar-refractivity contribution is 6.42. The van der Waals surface area contributed by atoms with Crippen molar-refractivity contribution in [3.05, 3.63) is 63.6 Å². The number of halogens is 2. The summed E-state index contributed by atoms with van der Waals surface area (Å²) in [6.45, 7) is 4.77. The Labute approximate surface area is 188 Å². The minimum absolute atomic E-state index is 0.123. The van der Waals surface area contributed by atoms with Crippen molar-refractivity contribution in [3.8, 4) is 5.75 Å². The second kappa shape index (κ2) is 11.8. The predicted octanol–water partition coefficient (Wildman–Crippen LogP) is 4.88. The zero-order valence-electron chi connectivity index (χ0n) is 17.6. The van der Waals surface area contributed by atoms with Gasteiger partial charge in [0.1, 0.15) is 11.8 Å². The molecule has 1 N–H and O–H groups in total. The number of benzene rings is 2. The molecule has 0 aliphatic rings. The van der Waals surface area contributed by atoms with Gasteiger partial charge in [-0.3, -0.25) is 9.59 Å². The summed E-state index contributed by atoms with van der Waals surface area (Å²) in [4.78, 5) is 27.7. The van der Waals surface area contributed by atoms with Gasteiger partial charge in [-0.05, 0) is 48.2 Å². The highest BCUT2D eigenvalue weighted by Crippen LogP contribution is 2.24. The van der Waals surface area contributed by atoms with Crippen LogP contribution in [-0.4, -0.2) is 36.4 Å². The van der Waals surface area contributed by atoms with Crippen LogP contribution in [0.15, 0.2) is 42.5 Å². The van der Waals surface area contributed by atoms with Crippen LogP contribution >= 0.6 is 23.2 Å². The Morgan fingerprint density at radius 3 is 2.47 bits per heavy atom. The van der Waals surface area contributed by atoms with Crippen molar-refractivity contribution in [2.75, 3.05) is 13.7 Å². The third kappa shape index (κ3) is 6.64. The second-order valence-electron chi connectivity index (χ2n) is 7.01. The molecule has 2 aromatic carbocycles. The Kier molecular flexibility index (Phi) is 9.47. The number of nitrogens with zero attached hydrogens (tertiary/aromatic N) is 1. The molecule has 0 aromatic heterocycles. The van der Waals surface area contributed by atoms with Gasteiger partial charge in [0.25, 0.3) is 0 Å². The molecule has 1 atom stereocenters. The number of rotatable bonds is 10. The first-order valence-corrected chi connectivity index (χ1v) is 10.8. The minimum Gasteiger partial charge on any atom is -0.497 e. The first-order chi connectivity index (χ1) is 14.4. The average Bonchev–Trinajstić information content (AvgIpc) is 2.74. The van der Waals surface area contributed by atoms with E-state index < -0.39 is 6.04 Å². The molecule has 2 amide bonds. The molecule has 0 radical (unpaired) electrons. The van der Waals surface area contributed by atoms with Gasteiger partial charge in [0.05, 0.1) is 23.6 Å². The monoisotopic (exact) mass is 450 g/mol. The molecule has 0 saturated carbocycles. The summed E-state index contributed by atoms with van der Waals surface area (Å²) in [6, 6.07) is 12.1. The molecular formula is C23H28Cl2N2O3. The summed E-state index contributed by atoms with van der Waals surface area (Å²) in [5.41, 5.74) is 1.63. The van der Waals surface area contributed by atoms with Crippen molar-refractivity contribution in [1.29, 1.82) is 0 Å². The van der Waals surface area contributed by atoms with Gasteiger partial charge >= 0.3 is 0 Å². The third-order valence-electron chi connectivity index (χ3n) is 4.76.